The van der Waals surface area contributed by atoms with Gasteiger partial charge in [-0.15, -0.1) is 0 Å². The van der Waals surface area contributed by atoms with Gasteiger partial charge in [0.05, 0.1) is 0 Å². The number of carboxylic acid groups (broad SMARTS) is 1. The number of halogens is 1. The number of rotatable bonds is 9. The molecule has 0 bridgehead atoms. The molecular formula is C27H31ClN6O2. The Hall–Kier alpha value is -3.46. The minimum Gasteiger partial charge on any atom is -0.478 e. The van der Waals surface area contributed by atoms with Crippen LogP contribution in [-0.4, -0.2) is 77.2 Å². The highest BCUT2D eigenvalue weighted by Gasteiger charge is 2.15. The minimum absolute atomic E-state index is 0.461. The molecule has 8 nitrogen and oxygen atoms in total. The summed E-state index contributed by atoms with van der Waals surface area (Å²) in [6, 6.07) is 13.4. The number of aromatic nitrogens is 2. The first-order valence-electron chi connectivity index (χ1n) is 11.9. The first-order valence-corrected chi connectivity index (χ1v) is 12.3. The van der Waals surface area contributed by atoms with E-state index in [0.717, 1.165) is 73.3 Å². The summed E-state index contributed by atoms with van der Waals surface area (Å²) in [6.45, 7) is 7.85. The SMILES string of the molecule is Cc1ccc(Nc2ncc(-c3cccc(/C=C/C(=O)O)c3)c(NCCN3CCN(C)CC3)n2)cc1Cl. The van der Waals surface area contributed by atoms with Gasteiger partial charge in [0.15, 0.2) is 0 Å². The fraction of sp³-hybridized carbons (Fsp3) is 0.296. The molecule has 1 aromatic heterocycles. The van der Waals surface area contributed by atoms with Crippen LogP contribution in [0.5, 0.6) is 0 Å². The Morgan fingerprint density at radius 3 is 2.72 bits per heavy atom. The molecule has 2 heterocycles. The number of piperazine rings is 1. The number of nitrogens with one attached hydrogen (secondary N) is 2. The third-order valence-electron chi connectivity index (χ3n) is 6.15. The summed E-state index contributed by atoms with van der Waals surface area (Å²) >= 11 is 6.28. The lowest BCUT2D eigenvalue weighted by atomic mass is 10.0. The van der Waals surface area contributed by atoms with Crippen LogP contribution in [0.3, 0.4) is 0 Å². The smallest absolute Gasteiger partial charge is 0.328 e. The maximum Gasteiger partial charge on any atom is 0.328 e. The van der Waals surface area contributed by atoms with Crippen LogP contribution in [-0.2, 0) is 4.79 Å². The molecule has 2 aromatic carbocycles. The number of hydrogen-bond donors (Lipinski definition) is 3. The highest BCUT2D eigenvalue weighted by Crippen LogP contribution is 2.29. The first kappa shape index (κ1) is 25.6. The second-order valence-corrected chi connectivity index (χ2v) is 9.32. The third kappa shape index (κ3) is 7.04. The Morgan fingerprint density at radius 1 is 1.17 bits per heavy atom. The van der Waals surface area contributed by atoms with Crippen molar-refractivity contribution >= 4 is 41.1 Å². The van der Waals surface area contributed by atoms with Gasteiger partial charge in [0.1, 0.15) is 5.82 Å². The van der Waals surface area contributed by atoms with Gasteiger partial charge in [0.2, 0.25) is 5.95 Å². The summed E-state index contributed by atoms with van der Waals surface area (Å²) in [7, 11) is 2.15. The van der Waals surface area contributed by atoms with E-state index in [9.17, 15) is 4.79 Å². The predicted octanol–water partition coefficient (Wildman–Crippen LogP) is 4.61. The van der Waals surface area contributed by atoms with E-state index < -0.39 is 5.97 Å². The highest BCUT2D eigenvalue weighted by atomic mass is 35.5. The average Bonchev–Trinajstić information content (AvgIpc) is 2.86. The number of aryl methyl sites for hydroxylation is 1. The van der Waals surface area contributed by atoms with Crippen molar-refractivity contribution in [3.8, 4) is 11.1 Å². The average molecular weight is 507 g/mol. The van der Waals surface area contributed by atoms with Crippen LogP contribution in [0.1, 0.15) is 11.1 Å². The van der Waals surface area contributed by atoms with Gasteiger partial charge in [0.25, 0.3) is 0 Å². The van der Waals surface area contributed by atoms with E-state index in [-0.39, 0.29) is 0 Å². The number of carbonyl (C=O) groups is 1. The van der Waals surface area contributed by atoms with Gasteiger partial charge in [-0.2, -0.15) is 4.98 Å². The minimum atomic E-state index is -0.985. The summed E-state index contributed by atoms with van der Waals surface area (Å²) < 4.78 is 0. The van der Waals surface area contributed by atoms with Crippen LogP contribution in [0.25, 0.3) is 17.2 Å². The summed E-state index contributed by atoms with van der Waals surface area (Å²) in [4.78, 5) is 25.0. The largest absolute Gasteiger partial charge is 0.478 e. The second-order valence-electron chi connectivity index (χ2n) is 8.91. The molecule has 36 heavy (non-hydrogen) atoms. The van der Waals surface area contributed by atoms with Crippen LogP contribution in [0, 0.1) is 6.92 Å². The van der Waals surface area contributed by atoms with Gasteiger partial charge in [0, 0.05) is 67.8 Å². The molecule has 0 radical (unpaired) electrons. The summed E-state index contributed by atoms with van der Waals surface area (Å²) in [5.41, 5.74) is 4.33. The lowest BCUT2D eigenvalue weighted by Gasteiger charge is -2.32. The zero-order valence-electron chi connectivity index (χ0n) is 20.5. The van der Waals surface area contributed by atoms with Crippen molar-refractivity contribution < 1.29 is 9.90 Å². The monoisotopic (exact) mass is 506 g/mol. The predicted molar refractivity (Wildman–Crippen MR) is 146 cm³/mol. The van der Waals surface area contributed by atoms with E-state index in [1.54, 1.807) is 12.3 Å². The van der Waals surface area contributed by atoms with Crippen molar-refractivity contribution in [2.45, 2.75) is 6.92 Å². The lowest BCUT2D eigenvalue weighted by Crippen LogP contribution is -2.45. The normalized spacial score (nSPS) is 14.8. The van der Waals surface area contributed by atoms with Crippen molar-refractivity contribution in [3.63, 3.8) is 0 Å². The number of anilines is 3. The second kappa shape index (κ2) is 12.0. The van der Waals surface area contributed by atoms with E-state index in [0.29, 0.717) is 16.8 Å². The van der Waals surface area contributed by atoms with E-state index in [1.165, 1.54) is 0 Å². The maximum atomic E-state index is 10.9. The molecule has 0 unspecified atom stereocenters. The van der Waals surface area contributed by atoms with E-state index in [1.807, 2.05) is 49.4 Å². The Kier molecular flexibility index (Phi) is 8.53. The van der Waals surface area contributed by atoms with Gasteiger partial charge in [-0.1, -0.05) is 35.9 Å². The molecule has 0 saturated carbocycles. The molecule has 1 aliphatic heterocycles. The molecule has 1 saturated heterocycles. The fourth-order valence-corrected chi connectivity index (χ4v) is 4.15. The molecule has 188 valence electrons. The van der Waals surface area contributed by atoms with E-state index in [2.05, 4.69) is 32.5 Å². The maximum absolute atomic E-state index is 10.9. The van der Waals surface area contributed by atoms with Gasteiger partial charge >= 0.3 is 5.97 Å². The zero-order chi connectivity index (χ0) is 25.5. The molecule has 3 N–H and O–H groups in total. The van der Waals surface area contributed by atoms with Crippen molar-refractivity contribution in [2.24, 2.45) is 0 Å². The van der Waals surface area contributed by atoms with Crippen molar-refractivity contribution in [3.05, 3.63) is 70.9 Å². The number of hydrogen-bond acceptors (Lipinski definition) is 7. The number of aliphatic carboxylic acids is 1. The zero-order valence-corrected chi connectivity index (χ0v) is 21.3. The van der Waals surface area contributed by atoms with Gasteiger partial charge in [-0.05, 0) is 54.9 Å². The Labute approximate surface area is 216 Å². The van der Waals surface area contributed by atoms with Crippen molar-refractivity contribution in [1.82, 2.24) is 19.8 Å². The number of likely N-dealkylation sites (N-methyl/N-ethyl adjacent to an activating group) is 1. The van der Waals surface area contributed by atoms with Crippen LogP contribution >= 0.6 is 11.6 Å². The molecule has 9 heteroatoms. The summed E-state index contributed by atoms with van der Waals surface area (Å²) in [6.07, 6.45) is 4.48. The van der Waals surface area contributed by atoms with Crippen molar-refractivity contribution in [1.29, 1.82) is 0 Å². The first-order chi connectivity index (χ1) is 17.4. The number of benzene rings is 2. The molecular weight excluding hydrogens is 476 g/mol. The Balaban J connectivity index is 1.57. The molecule has 0 amide bonds. The van der Waals surface area contributed by atoms with Gasteiger partial charge in [-0.25, -0.2) is 9.78 Å². The number of carboxylic acids is 1. The van der Waals surface area contributed by atoms with Crippen LogP contribution < -0.4 is 10.6 Å². The summed E-state index contributed by atoms with van der Waals surface area (Å²) in [5, 5.41) is 16.4. The molecule has 0 atom stereocenters. The van der Waals surface area contributed by atoms with E-state index >= 15 is 0 Å². The molecule has 4 rings (SSSR count). The molecule has 0 spiro atoms. The Morgan fingerprint density at radius 2 is 1.97 bits per heavy atom. The van der Waals surface area contributed by atoms with Gasteiger partial charge < -0.3 is 20.6 Å². The lowest BCUT2D eigenvalue weighted by molar-refractivity contribution is -0.131. The molecule has 0 aliphatic carbocycles. The molecule has 1 aliphatic rings. The fourth-order valence-electron chi connectivity index (χ4n) is 3.97. The molecule has 3 aromatic rings. The topological polar surface area (TPSA) is 93.6 Å². The number of nitrogens with zero attached hydrogens (tertiary/aromatic N) is 4. The van der Waals surface area contributed by atoms with Crippen LogP contribution in [0.4, 0.5) is 17.5 Å². The van der Waals surface area contributed by atoms with Crippen LogP contribution in [0.2, 0.25) is 5.02 Å². The Bertz CT molecular complexity index is 1240. The summed E-state index contributed by atoms with van der Waals surface area (Å²) in [5.74, 6) is 0.184. The van der Waals surface area contributed by atoms with Gasteiger partial charge in [-0.3, -0.25) is 4.90 Å². The van der Waals surface area contributed by atoms with Crippen molar-refractivity contribution in [2.75, 3.05) is 56.9 Å². The standard InChI is InChI=1S/C27H31ClN6O2/c1-19-6-8-22(17-24(19)28)31-27-30-18-23(21-5-3-4-20(16-21)7-9-25(35)36)26(32-27)29-10-11-34-14-12-33(2)13-15-34/h3-9,16-18H,10-15H2,1-2H3,(H,35,36)(H2,29,30,31,32)/b9-7+. The third-order valence-corrected chi connectivity index (χ3v) is 6.56. The quantitative estimate of drug-likeness (QED) is 0.362. The van der Waals surface area contributed by atoms with Crippen LogP contribution in [0.15, 0.2) is 54.7 Å². The highest BCUT2D eigenvalue weighted by molar-refractivity contribution is 6.31. The molecule has 1 fully saturated rings. The van der Waals surface area contributed by atoms with E-state index in [4.69, 9.17) is 21.7 Å².